The van der Waals surface area contributed by atoms with Crippen LogP contribution in [-0.2, 0) is 22.4 Å². The molecule has 1 aromatic heterocycles. The number of aliphatic carboxylic acids is 2. The molecule has 4 rings (SSSR count). The van der Waals surface area contributed by atoms with E-state index < -0.39 is 11.9 Å². The zero-order chi connectivity index (χ0) is 32.0. The number of piperazine rings is 1. The number of unbranched alkanes of at least 4 members (excludes halogenated alkanes) is 3. The minimum absolute atomic E-state index is 0.0101. The number of carbonyl (C=O) groups excluding carboxylic acids is 1. The van der Waals surface area contributed by atoms with Crippen molar-refractivity contribution in [1.29, 1.82) is 0 Å². The summed E-state index contributed by atoms with van der Waals surface area (Å²) in [5.74, 6) is -0.334. The predicted octanol–water partition coefficient (Wildman–Crippen LogP) is 6.25. The molecule has 0 spiro atoms. The SMILES string of the molecule is CN1CCN(C(=O)c2cc(OCCCCCCc3cccc(OCCCC(=O)O)c3CCC(=O)O)cc(-c3ccsc3)c2)CC1. The second-order valence-corrected chi connectivity index (χ2v) is 12.3. The van der Waals surface area contributed by atoms with Crippen LogP contribution in [0.5, 0.6) is 11.5 Å². The summed E-state index contributed by atoms with van der Waals surface area (Å²) in [5.41, 5.74) is 4.69. The first-order chi connectivity index (χ1) is 21.8. The Morgan fingerprint density at radius 2 is 1.56 bits per heavy atom. The monoisotopic (exact) mass is 636 g/mol. The molecule has 1 aliphatic rings. The first-order valence-electron chi connectivity index (χ1n) is 15.8. The van der Waals surface area contributed by atoms with E-state index in [2.05, 4.69) is 23.4 Å². The Morgan fingerprint density at radius 1 is 0.800 bits per heavy atom. The molecule has 2 N–H and O–H groups in total. The molecule has 2 heterocycles. The number of nitrogens with zero attached hydrogens (tertiary/aromatic N) is 2. The van der Waals surface area contributed by atoms with Crippen LogP contribution in [0.15, 0.2) is 53.2 Å². The predicted molar refractivity (Wildman–Crippen MR) is 176 cm³/mol. The highest BCUT2D eigenvalue weighted by Gasteiger charge is 2.22. The molecular weight excluding hydrogens is 592 g/mol. The van der Waals surface area contributed by atoms with Gasteiger partial charge in [0, 0.05) is 44.6 Å². The van der Waals surface area contributed by atoms with E-state index in [4.69, 9.17) is 14.6 Å². The lowest BCUT2D eigenvalue weighted by Crippen LogP contribution is -2.47. The molecule has 45 heavy (non-hydrogen) atoms. The number of carboxylic acid groups (broad SMARTS) is 2. The number of carbonyl (C=O) groups is 3. The third-order valence-corrected chi connectivity index (χ3v) is 8.70. The van der Waals surface area contributed by atoms with Gasteiger partial charge in [0.2, 0.25) is 0 Å². The first-order valence-corrected chi connectivity index (χ1v) is 16.7. The van der Waals surface area contributed by atoms with Gasteiger partial charge in [-0.2, -0.15) is 11.3 Å². The third kappa shape index (κ3) is 10.9. The van der Waals surface area contributed by atoms with Crippen LogP contribution in [-0.4, -0.2) is 84.3 Å². The maximum Gasteiger partial charge on any atom is 0.303 e. The summed E-state index contributed by atoms with van der Waals surface area (Å²) in [7, 11) is 2.08. The summed E-state index contributed by atoms with van der Waals surface area (Å²) >= 11 is 1.63. The van der Waals surface area contributed by atoms with Crippen molar-refractivity contribution in [2.45, 2.75) is 57.8 Å². The van der Waals surface area contributed by atoms with Crippen LogP contribution in [0.1, 0.15) is 66.4 Å². The van der Waals surface area contributed by atoms with Crippen LogP contribution < -0.4 is 9.47 Å². The number of thiophene rings is 1. The van der Waals surface area contributed by atoms with Gasteiger partial charge < -0.3 is 29.5 Å². The average molecular weight is 637 g/mol. The zero-order valence-electron chi connectivity index (χ0n) is 26.0. The molecule has 9 nitrogen and oxygen atoms in total. The number of hydrogen-bond donors (Lipinski definition) is 2. The second-order valence-electron chi connectivity index (χ2n) is 11.5. The quantitative estimate of drug-likeness (QED) is 0.158. The molecule has 1 saturated heterocycles. The number of carboxylic acids is 2. The Hall–Kier alpha value is -3.89. The van der Waals surface area contributed by atoms with Gasteiger partial charge in [-0.15, -0.1) is 0 Å². The van der Waals surface area contributed by atoms with Gasteiger partial charge in [0.25, 0.3) is 5.91 Å². The molecule has 1 amide bonds. The highest BCUT2D eigenvalue weighted by Crippen LogP contribution is 2.29. The van der Waals surface area contributed by atoms with Gasteiger partial charge in [-0.3, -0.25) is 14.4 Å². The maximum atomic E-state index is 13.4. The van der Waals surface area contributed by atoms with E-state index in [0.717, 1.165) is 80.5 Å². The van der Waals surface area contributed by atoms with Gasteiger partial charge in [0.15, 0.2) is 0 Å². The van der Waals surface area contributed by atoms with E-state index in [9.17, 15) is 19.5 Å². The van der Waals surface area contributed by atoms with Crippen LogP contribution in [0, 0.1) is 0 Å². The molecule has 3 aromatic rings. The highest BCUT2D eigenvalue weighted by molar-refractivity contribution is 7.08. The Balaban J connectivity index is 1.28. The maximum absolute atomic E-state index is 13.4. The fraction of sp³-hybridized carbons (Fsp3) is 0.457. The summed E-state index contributed by atoms with van der Waals surface area (Å²) in [5, 5.41) is 22.2. The van der Waals surface area contributed by atoms with E-state index >= 15 is 0 Å². The first kappa shape index (κ1) is 34.0. The number of hydrogen-bond acceptors (Lipinski definition) is 7. The highest BCUT2D eigenvalue weighted by atomic mass is 32.1. The smallest absolute Gasteiger partial charge is 0.303 e. The summed E-state index contributed by atoms with van der Waals surface area (Å²) < 4.78 is 12.0. The lowest BCUT2D eigenvalue weighted by molar-refractivity contribution is -0.138. The lowest BCUT2D eigenvalue weighted by atomic mass is 9.97. The number of rotatable bonds is 18. The van der Waals surface area contributed by atoms with Gasteiger partial charge in [0.05, 0.1) is 13.2 Å². The largest absolute Gasteiger partial charge is 0.494 e. The van der Waals surface area contributed by atoms with Gasteiger partial charge in [-0.05, 0) is 102 Å². The van der Waals surface area contributed by atoms with Crippen LogP contribution >= 0.6 is 11.3 Å². The Labute approximate surface area is 269 Å². The van der Waals surface area contributed by atoms with Crippen molar-refractivity contribution in [2.75, 3.05) is 46.4 Å². The standard InChI is InChI=1S/C35H44N2O7S/c1-36-15-17-37(18-16-36)35(42)29-22-28(27-14-21-45-25-27)23-30(24-29)43-19-5-3-2-4-8-26-9-6-10-32(31(26)12-13-34(40)41)44-20-7-11-33(38)39/h6,9-10,14,21-25H,2-5,7-8,11-13,15-20H2,1H3,(H,38,39)(H,40,41). The molecule has 0 bridgehead atoms. The Bertz CT molecular complexity index is 1400. The minimum Gasteiger partial charge on any atom is -0.494 e. The molecule has 1 aliphatic heterocycles. The molecule has 2 aromatic carbocycles. The van der Waals surface area contributed by atoms with Crippen molar-refractivity contribution >= 4 is 29.2 Å². The molecule has 1 fully saturated rings. The number of benzene rings is 2. The van der Waals surface area contributed by atoms with Crippen molar-refractivity contribution in [1.82, 2.24) is 9.80 Å². The number of aryl methyl sites for hydroxylation is 1. The molecular formula is C35H44N2O7S. The van der Waals surface area contributed by atoms with Crippen molar-refractivity contribution < 1.29 is 34.1 Å². The minimum atomic E-state index is -0.864. The zero-order valence-corrected chi connectivity index (χ0v) is 26.9. The molecule has 0 saturated carbocycles. The van der Waals surface area contributed by atoms with Gasteiger partial charge in [0.1, 0.15) is 11.5 Å². The molecule has 0 aliphatic carbocycles. The average Bonchev–Trinajstić information content (AvgIpc) is 3.57. The Morgan fingerprint density at radius 3 is 2.29 bits per heavy atom. The number of amides is 1. The Kier molecular flexibility index (Phi) is 13.3. The van der Waals surface area contributed by atoms with Crippen molar-refractivity contribution in [3.05, 3.63) is 69.9 Å². The van der Waals surface area contributed by atoms with E-state index in [1.54, 1.807) is 11.3 Å². The van der Waals surface area contributed by atoms with Crippen molar-refractivity contribution in [2.24, 2.45) is 0 Å². The second kappa shape index (κ2) is 17.6. The molecule has 242 valence electrons. The molecule has 10 heteroatoms. The van der Waals surface area contributed by atoms with Crippen LogP contribution in [0.25, 0.3) is 11.1 Å². The van der Waals surface area contributed by atoms with Crippen LogP contribution in [0.3, 0.4) is 0 Å². The number of ether oxygens (including phenoxy) is 2. The summed E-state index contributed by atoms with van der Waals surface area (Å²) in [6, 6.07) is 13.7. The van der Waals surface area contributed by atoms with Crippen LogP contribution in [0.4, 0.5) is 0 Å². The fourth-order valence-corrected chi connectivity index (χ4v) is 6.12. The molecule has 0 unspecified atom stereocenters. The van der Waals surface area contributed by atoms with E-state index in [0.29, 0.717) is 36.5 Å². The van der Waals surface area contributed by atoms with E-state index in [1.165, 1.54) is 0 Å². The topological polar surface area (TPSA) is 117 Å². The fourth-order valence-electron chi connectivity index (χ4n) is 5.46. The van der Waals surface area contributed by atoms with E-state index in [1.807, 2.05) is 46.7 Å². The third-order valence-electron chi connectivity index (χ3n) is 8.02. The normalized spacial score (nSPS) is 13.5. The summed E-state index contributed by atoms with van der Waals surface area (Å²) in [6.07, 6.45) is 5.41. The molecule has 0 radical (unpaired) electrons. The van der Waals surface area contributed by atoms with Crippen molar-refractivity contribution in [3.8, 4) is 22.6 Å². The van der Waals surface area contributed by atoms with E-state index in [-0.39, 0.29) is 25.4 Å². The number of likely N-dealkylation sites (N-methyl/N-ethyl adjacent to an activating group) is 1. The summed E-state index contributed by atoms with van der Waals surface area (Å²) in [4.78, 5) is 39.6. The lowest BCUT2D eigenvalue weighted by Gasteiger charge is -2.32. The summed E-state index contributed by atoms with van der Waals surface area (Å²) in [6.45, 7) is 4.02. The van der Waals surface area contributed by atoms with Gasteiger partial charge >= 0.3 is 11.9 Å². The van der Waals surface area contributed by atoms with Gasteiger partial charge in [-0.1, -0.05) is 25.0 Å². The van der Waals surface area contributed by atoms with Crippen LogP contribution in [0.2, 0.25) is 0 Å². The molecule has 0 atom stereocenters. The van der Waals surface area contributed by atoms with Crippen molar-refractivity contribution in [3.63, 3.8) is 0 Å². The van der Waals surface area contributed by atoms with Gasteiger partial charge in [-0.25, -0.2) is 0 Å².